The Kier molecular flexibility index (Phi) is 5.78. The lowest BCUT2D eigenvalue weighted by Gasteiger charge is -2.08. The number of halogens is 2. The van der Waals surface area contributed by atoms with Crippen LogP contribution < -0.4 is 10.1 Å². The van der Waals surface area contributed by atoms with Crippen LogP contribution in [0.2, 0.25) is 10.0 Å². The molecule has 0 fully saturated rings. The first-order valence-corrected chi connectivity index (χ1v) is 7.00. The Bertz CT molecular complexity index is 608. The summed E-state index contributed by atoms with van der Waals surface area (Å²) < 4.78 is 5.33. The van der Waals surface area contributed by atoms with E-state index in [1.54, 1.807) is 36.8 Å². The van der Waals surface area contributed by atoms with E-state index in [0.717, 1.165) is 5.69 Å². The van der Waals surface area contributed by atoms with Gasteiger partial charge in [-0.2, -0.15) is 0 Å². The van der Waals surface area contributed by atoms with Crippen molar-refractivity contribution in [1.82, 2.24) is 15.3 Å². The summed E-state index contributed by atoms with van der Waals surface area (Å²) >= 11 is 11.7. The van der Waals surface area contributed by atoms with E-state index in [0.29, 0.717) is 28.8 Å². The Morgan fingerprint density at radius 1 is 1.29 bits per heavy atom. The summed E-state index contributed by atoms with van der Waals surface area (Å²) in [7, 11) is 0. The van der Waals surface area contributed by atoms with Crippen LogP contribution in [0.25, 0.3) is 0 Å². The van der Waals surface area contributed by atoms with Gasteiger partial charge in [-0.05, 0) is 18.2 Å². The molecule has 0 aliphatic rings. The standard InChI is InChI=1S/C14H13Cl2N3O2/c15-10-1-2-13(12(16)7-10)21-9-14(20)19-4-3-11-8-17-5-6-18-11/h1-2,5-8H,3-4,9H2,(H,19,20). The van der Waals surface area contributed by atoms with Crippen LogP contribution in [0.4, 0.5) is 0 Å². The lowest BCUT2D eigenvalue weighted by Crippen LogP contribution is -2.30. The van der Waals surface area contributed by atoms with E-state index >= 15 is 0 Å². The number of hydrogen-bond donors (Lipinski definition) is 1. The third kappa shape index (κ3) is 5.21. The Morgan fingerprint density at radius 2 is 2.14 bits per heavy atom. The maximum atomic E-state index is 11.6. The lowest BCUT2D eigenvalue weighted by atomic mass is 10.3. The predicted molar refractivity (Wildman–Crippen MR) is 80.7 cm³/mol. The summed E-state index contributed by atoms with van der Waals surface area (Å²) in [6.45, 7) is 0.358. The van der Waals surface area contributed by atoms with Gasteiger partial charge in [0, 0.05) is 36.6 Å². The fraction of sp³-hybridized carbons (Fsp3) is 0.214. The second-order valence-electron chi connectivity index (χ2n) is 4.16. The van der Waals surface area contributed by atoms with Gasteiger partial charge in [0.2, 0.25) is 0 Å². The molecule has 110 valence electrons. The number of hydrogen-bond acceptors (Lipinski definition) is 4. The first-order valence-electron chi connectivity index (χ1n) is 6.24. The van der Waals surface area contributed by atoms with Gasteiger partial charge < -0.3 is 10.1 Å². The number of carbonyl (C=O) groups is 1. The molecule has 1 N–H and O–H groups in total. The second-order valence-corrected chi connectivity index (χ2v) is 5.00. The van der Waals surface area contributed by atoms with Crippen molar-refractivity contribution >= 4 is 29.1 Å². The highest BCUT2D eigenvalue weighted by Crippen LogP contribution is 2.27. The maximum Gasteiger partial charge on any atom is 0.257 e. The van der Waals surface area contributed by atoms with Crippen LogP contribution in [-0.4, -0.2) is 29.0 Å². The largest absolute Gasteiger partial charge is 0.482 e. The highest BCUT2D eigenvalue weighted by atomic mass is 35.5. The van der Waals surface area contributed by atoms with E-state index in [1.165, 1.54) is 0 Å². The van der Waals surface area contributed by atoms with E-state index in [-0.39, 0.29) is 12.5 Å². The molecule has 21 heavy (non-hydrogen) atoms. The second kappa shape index (κ2) is 7.81. The zero-order valence-electron chi connectivity index (χ0n) is 11.1. The first-order chi connectivity index (χ1) is 10.1. The van der Waals surface area contributed by atoms with Crippen LogP contribution in [0.1, 0.15) is 5.69 Å². The summed E-state index contributed by atoms with van der Waals surface area (Å²) in [4.78, 5) is 19.7. The van der Waals surface area contributed by atoms with Crippen LogP contribution in [0.3, 0.4) is 0 Å². The summed E-state index contributed by atoms with van der Waals surface area (Å²) in [5, 5.41) is 3.62. The van der Waals surface area contributed by atoms with Crippen molar-refractivity contribution in [2.45, 2.75) is 6.42 Å². The molecule has 0 saturated carbocycles. The highest BCUT2D eigenvalue weighted by molar-refractivity contribution is 6.35. The molecule has 2 rings (SSSR count). The summed E-state index contributed by atoms with van der Waals surface area (Å²) in [5.74, 6) is 0.190. The number of rotatable bonds is 6. The first kappa shape index (κ1) is 15.5. The molecular weight excluding hydrogens is 313 g/mol. The fourth-order valence-corrected chi connectivity index (χ4v) is 2.04. The minimum atomic E-state index is -0.232. The Morgan fingerprint density at radius 3 is 2.86 bits per heavy atom. The Labute approximate surface area is 132 Å². The van der Waals surface area contributed by atoms with Crippen molar-refractivity contribution in [3.8, 4) is 5.75 Å². The van der Waals surface area contributed by atoms with Crippen molar-refractivity contribution in [3.05, 3.63) is 52.5 Å². The average molecular weight is 326 g/mol. The third-order valence-corrected chi connectivity index (χ3v) is 3.10. The van der Waals surface area contributed by atoms with E-state index in [9.17, 15) is 4.79 Å². The number of ether oxygens (including phenoxy) is 1. The van der Waals surface area contributed by atoms with Gasteiger partial charge in [-0.25, -0.2) is 0 Å². The third-order valence-electron chi connectivity index (χ3n) is 2.57. The van der Waals surface area contributed by atoms with Gasteiger partial charge in [-0.15, -0.1) is 0 Å². The van der Waals surface area contributed by atoms with Crippen LogP contribution in [0.5, 0.6) is 5.75 Å². The molecule has 7 heteroatoms. The molecule has 0 aliphatic heterocycles. The number of aromatic nitrogens is 2. The summed E-state index contributed by atoms with van der Waals surface area (Å²) in [6.07, 6.45) is 5.49. The zero-order chi connectivity index (χ0) is 15.1. The normalized spacial score (nSPS) is 10.2. The van der Waals surface area contributed by atoms with Crippen LogP contribution >= 0.6 is 23.2 Å². The number of nitrogens with zero attached hydrogens (tertiary/aromatic N) is 2. The molecule has 0 atom stereocenters. The minimum absolute atomic E-state index is 0.109. The van der Waals surface area contributed by atoms with Crippen molar-refractivity contribution in [2.75, 3.05) is 13.2 Å². The molecule has 1 aromatic heterocycles. The molecule has 5 nitrogen and oxygen atoms in total. The lowest BCUT2D eigenvalue weighted by molar-refractivity contribution is -0.123. The van der Waals surface area contributed by atoms with Gasteiger partial charge in [0.1, 0.15) is 5.75 Å². The van der Waals surface area contributed by atoms with Crippen LogP contribution in [-0.2, 0) is 11.2 Å². The van der Waals surface area contributed by atoms with Gasteiger partial charge in [0.05, 0.1) is 10.7 Å². The molecule has 1 aromatic carbocycles. The number of nitrogens with one attached hydrogen (secondary N) is 1. The molecule has 0 aliphatic carbocycles. The Hall–Kier alpha value is -1.85. The van der Waals surface area contributed by atoms with Crippen molar-refractivity contribution in [3.63, 3.8) is 0 Å². The molecule has 0 radical (unpaired) electrons. The average Bonchev–Trinajstić information content (AvgIpc) is 2.47. The molecular formula is C14H13Cl2N3O2. The van der Waals surface area contributed by atoms with Gasteiger partial charge in [-0.3, -0.25) is 14.8 Å². The highest BCUT2D eigenvalue weighted by Gasteiger charge is 2.06. The zero-order valence-corrected chi connectivity index (χ0v) is 12.6. The van der Waals surface area contributed by atoms with E-state index in [4.69, 9.17) is 27.9 Å². The van der Waals surface area contributed by atoms with Crippen molar-refractivity contribution < 1.29 is 9.53 Å². The topological polar surface area (TPSA) is 64.1 Å². The van der Waals surface area contributed by atoms with Crippen molar-refractivity contribution in [1.29, 1.82) is 0 Å². The predicted octanol–water partition coefficient (Wildman–Crippen LogP) is 2.52. The number of carbonyl (C=O) groups excluding carboxylic acids is 1. The fourth-order valence-electron chi connectivity index (χ4n) is 1.58. The molecule has 0 bridgehead atoms. The molecule has 0 saturated heterocycles. The smallest absolute Gasteiger partial charge is 0.257 e. The molecule has 0 spiro atoms. The van der Waals surface area contributed by atoms with Crippen LogP contribution in [0.15, 0.2) is 36.8 Å². The molecule has 0 unspecified atom stereocenters. The Balaban J connectivity index is 1.72. The van der Waals surface area contributed by atoms with E-state index in [2.05, 4.69) is 15.3 Å². The van der Waals surface area contributed by atoms with Crippen molar-refractivity contribution in [2.24, 2.45) is 0 Å². The molecule has 2 aromatic rings. The number of benzene rings is 1. The molecule has 1 amide bonds. The van der Waals surface area contributed by atoms with Gasteiger partial charge in [-0.1, -0.05) is 23.2 Å². The SMILES string of the molecule is O=C(COc1ccc(Cl)cc1Cl)NCCc1cnccn1. The van der Waals surface area contributed by atoms with E-state index in [1.807, 2.05) is 0 Å². The minimum Gasteiger partial charge on any atom is -0.482 e. The van der Waals surface area contributed by atoms with E-state index < -0.39 is 0 Å². The maximum absolute atomic E-state index is 11.6. The monoisotopic (exact) mass is 325 g/mol. The number of amides is 1. The summed E-state index contributed by atoms with van der Waals surface area (Å²) in [6, 6.07) is 4.83. The van der Waals surface area contributed by atoms with Gasteiger partial charge in [0.15, 0.2) is 6.61 Å². The summed E-state index contributed by atoms with van der Waals surface area (Å²) in [5.41, 5.74) is 0.819. The molecule has 1 heterocycles. The van der Waals surface area contributed by atoms with Gasteiger partial charge >= 0.3 is 0 Å². The quantitative estimate of drug-likeness (QED) is 0.886. The van der Waals surface area contributed by atoms with Crippen LogP contribution in [0, 0.1) is 0 Å². The van der Waals surface area contributed by atoms with Gasteiger partial charge in [0.25, 0.3) is 5.91 Å².